The Morgan fingerprint density at radius 2 is 2.27 bits per heavy atom. The first kappa shape index (κ1) is 6.68. The van der Waals surface area contributed by atoms with Gasteiger partial charge in [-0.25, -0.2) is 0 Å². The number of nitrogen functional groups attached to an aromatic ring is 1. The molecule has 58 valence electrons. The molecule has 1 aliphatic rings. The molecule has 0 amide bonds. The monoisotopic (exact) mass is 149 g/mol. The van der Waals surface area contributed by atoms with Crippen LogP contribution < -0.4 is 5.73 Å². The highest BCUT2D eigenvalue weighted by atomic mass is 16.3. The van der Waals surface area contributed by atoms with Crippen molar-refractivity contribution in [1.29, 1.82) is 0 Å². The highest BCUT2D eigenvalue weighted by Crippen LogP contribution is 2.31. The third-order valence-electron chi connectivity index (χ3n) is 2.22. The van der Waals surface area contributed by atoms with Crippen LogP contribution in [0.15, 0.2) is 18.2 Å². The van der Waals surface area contributed by atoms with Gasteiger partial charge < -0.3 is 10.8 Å². The smallest absolute Gasteiger partial charge is 0.0796 e. The Hall–Kier alpha value is -1.02. The van der Waals surface area contributed by atoms with Crippen molar-refractivity contribution in [2.24, 2.45) is 0 Å². The van der Waals surface area contributed by atoms with Gasteiger partial charge in [0, 0.05) is 5.69 Å². The molecule has 3 N–H and O–H groups in total. The predicted octanol–water partition coefficient (Wildman–Crippen LogP) is 1.25. The maximum Gasteiger partial charge on any atom is 0.0796 e. The van der Waals surface area contributed by atoms with Gasteiger partial charge in [0.2, 0.25) is 0 Å². The Labute approximate surface area is 65.7 Å². The summed E-state index contributed by atoms with van der Waals surface area (Å²) in [5.41, 5.74) is 8.58. The van der Waals surface area contributed by atoms with E-state index in [4.69, 9.17) is 5.73 Å². The second-order valence-corrected chi connectivity index (χ2v) is 3.01. The minimum absolute atomic E-state index is 0.284. The van der Waals surface area contributed by atoms with E-state index in [1.807, 2.05) is 18.2 Å². The minimum atomic E-state index is -0.284. The number of nitrogens with two attached hydrogens (primary N) is 1. The standard InChI is InChI=1S/C9H11NO/c10-7-3-1-6-2-4-9(11)8(6)5-7/h1,3,5,9,11H,2,4,10H2/t9-/m0/s1. The largest absolute Gasteiger partial charge is 0.399 e. The molecular formula is C9H11NO. The SMILES string of the molecule is Nc1ccc2c(c1)[C@@H](O)CC2. The minimum Gasteiger partial charge on any atom is -0.399 e. The van der Waals surface area contributed by atoms with Gasteiger partial charge in [0.15, 0.2) is 0 Å². The molecule has 11 heavy (non-hydrogen) atoms. The summed E-state index contributed by atoms with van der Waals surface area (Å²) in [4.78, 5) is 0. The highest BCUT2D eigenvalue weighted by molar-refractivity contribution is 5.47. The van der Waals surface area contributed by atoms with Crippen LogP contribution >= 0.6 is 0 Å². The van der Waals surface area contributed by atoms with Gasteiger partial charge in [-0.1, -0.05) is 6.07 Å². The van der Waals surface area contributed by atoms with Crippen molar-refractivity contribution in [1.82, 2.24) is 0 Å². The molecule has 2 rings (SSSR count). The van der Waals surface area contributed by atoms with Crippen LogP contribution in [0.5, 0.6) is 0 Å². The number of aliphatic hydroxyl groups is 1. The summed E-state index contributed by atoms with van der Waals surface area (Å²) in [5.74, 6) is 0. The Morgan fingerprint density at radius 1 is 1.45 bits per heavy atom. The zero-order valence-corrected chi connectivity index (χ0v) is 6.25. The van der Waals surface area contributed by atoms with Gasteiger partial charge in [-0.05, 0) is 36.1 Å². The maximum absolute atomic E-state index is 9.45. The number of hydrogen-bond donors (Lipinski definition) is 2. The van der Waals surface area contributed by atoms with E-state index < -0.39 is 0 Å². The van der Waals surface area contributed by atoms with Crippen LogP contribution in [-0.4, -0.2) is 5.11 Å². The van der Waals surface area contributed by atoms with E-state index in [9.17, 15) is 5.11 Å². The van der Waals surface area contributed by atoms with E-state index in [1.165, 1.54) is 5.56 Å². The Kier molecular flexibility index (Phi) is 1.36. The molecule has 0 saturated heterocycles. The summed E-state index contributed by atoms with van der Waals surface area (Å²) >= 11 is 0. The fraction of sp³-hybridized carbons (Fsp3) is 0.333. The summed E-state index contributed by atoms with van der Waals surface area (Å²) in [6, 6.07) is 5.75. The molecule has 1 aromatic carbocycles. The summed E-state index contributed by atoms with van der Waals surface area (Å²) in [5, 5.41) is 9.45. The zero-order chi connectivity index (χ0) is 7.84. The number of fused-ring (bicyclic) bond motifs is 1. The zero-order valence-electron chi connectivity index (χ0n) is 6.25. The number of aliphatic hydroxyl groups excluding tert-OH is 1. The molecule has 0 radical (unpaired) electrons. The predicted molar refractivity (Wildman–Crippen MR) is 44.1 cm³/mol. The molecule has 2 nitrogen and oxygen atoms in total. The topological polar surface area (TPSA) is 46.2 Å². The van der Waals surface area contributed by atoms with E-state index in [1.54, 1.807) is 0 Å². The van der Waals surface area contributed by atoms with Crippen molar-refractivity contribution in [3.63, 3.8) is 0 Å². The molecular weight excluding hydrogens is 138 g/mol. The Morgan fingerprint density at radius 3 is 3.09 bits per heavy atom. The molecule has 2 heteroatoms. The lowest BCUT2D eigenvalue weighted by atomic mass is 10.1. The summed E-state index contributed by atoms with van der Waals surface area (Å²) in [6.07, 6.45) is 1.55. The van der Waals surface area contributed by atoms with Crippen LogP contribution in [0.2, 0.25) is 0 Å². The Balaban J connectivity index is 2.52. The molecule has 1 atom stereocenters. The van der Waals surface area contributed by atoms with Crippen LogP contribution in [0.1, 0.15) is 23.7 Å². The second kappa shape index (κ2) is 2.24. The van der Waals surface area contributed by atoms with Gasteiger partial charge in [-0.15, -0.1) is 0 Å². The van der Waals surface area contributed by atoms with Gasteiger partial charge in [-0.3, -0.25) is 0 Å². The first-order valence-electron chi connectivity index (χ1n) is 3.84. The number of benzene rings is 1. The van der Waals surface area contributed by atoms with Crippen LogP contribution in [0.4, 0.5) is 5.69 Å². The number of hydrogen-bond acceptors (Lipinski definition) is 2. The summed E-state index contributed by atoms with van der Waals surface area (Å²) in [6.45, 7) is 0. The van der Waals surface area contributed by atoms with Crippen molar-refractivity contribution in [3.05, 3.63) is 29.3 Å². The number of aryl methyl sites for hydroxylation is 1. The molecule has 0 aromatic heterocycles. The van der Waals surface area contributed by atoms with E-state index in [2.05, 4.69) is 0 Å². The first-order chi connectivity index (χ1) is 5.27. The van der Waals surface area contributed by atoms with Crippen molar-refractivity contribution in [2.75, 3.05) is 5.73 Å². The van der Waals surface area contributed by atoms with E-state index in [-0.39, 0.29) is 6.10 Å². The molecule has 0 saturated carbocycles. The molecule has 0 spiro atoms. The van der Waals surface area contributed by atoms with E-state index in [0.29, 0.717) is 0 Å². The van der Waals surface area contributed by atoms with Gasteiger partial charge >= 0.3 is 0 Å². The van der Waals surface area contributed by atoms with Crippen LogP contribution in [0.25, 0.3) is 0 Å². The van der Waals surface area contributed by atoms with Crippen molar-refractivity contribution >= 4 is 5.69 Å². The van der Waals surface area contributed by atoms with Crippen molar-refractivity contribution in [3.8, 4) is 0 Å². The summed E-state index contributed by atoms with van der Waals surface area (Å²) in [7, 11) is 0. The maximum atomic E-state index is 9.45. The molecule has 0 aliphatic heterocycles. The van der Waals surface area contributed by atoms with Crippen LogP contribution in [0, 0.1) is 0 Å². The van der Waals surface area contributed by atoms with Crippen LogP contribution in [-0.2, 0) is 6.42 Å². The third-order valence-corrected chi connectivity index (χ3v) is 2.22. The highest BCUT2D eigenvalue weighted by Gasteiger charge is 2.19. The third kappa shape index (κ3) is 0.994. The molecule has 1 aromatic rings. The van der Waals surface area contributed by atoms with E-state index in [0.717, 1.165) is 24.1 Å². The van der Waals surface area contributed by atoms with Crippen LogP contribution in [0.3, 0.4) is 0 Å². The molecule has 0 fully saturated rings. The lowest BCUT2D eigenvalue weighted by molar-refractivity contribution is 0.180. The average molecular weight is 149 g/mol. The average Bonchev–Trinajstić information content (AvgIpc) is 2.33. The van der Waals surface area contributed by atoms with Crippen molar-refractivity contribution < 1.29 is 5.11 Å². The molecule has 0 bridgehead atoms. The van der Waals surface area contributed by atoms with Gasteiger partial charge in [0.1, 0.15) is 0 Å². The molecule has 0 heterocycles. The molecule has 1 aliphatic carbocycles. The van der Waals surface area contributed by atoms with Gasteiger partial charge in [0.05, 0.1) is 6.10 Å². The number of anilines is 1. The normalized spacial score (nSPS) is 21.7. The lowest BCUT2D eigenvalue weighted by Crippen LogP contribution is -1.92. The van der Waals surface area contributed by atoms with Gasteiger partial charge in [-0.2, -0.15) is 0 Å². The quantitative estimate of drug-likeness (QED) is 0.545. The van der Waals surface area contributed by atoms with E-state index >= 15 is 0 Å². The lowest BCUT2D eigenvalue weighted by Gasteiger charge is -2.03. The Bertz CT molecular complexity index is 283. The fourth-order valence-electron chi connectivity index (χ4n) is 1.60. The summed E-state index contributed by atoms with van der Waals surface area (Å²) < 4.78 is 0. The second-order valence-electron chi connectivity index (χ2n) is 3.01. The molecule has 0 unspecified atom stereocenters. The first-order valence-corrected chi connectivity index (χ1v) is 3.84. The van der Waals surface area contributed by atoms with Gasteiger partial charge in [0.25, 0.3) is 0 Å². The number of rotatable bonds is 0. The fourth-order valence-corrected chi connectivity index (χ4v) is 1.60. The van der Waals surface area contributed by atoms with Crippen molar-refractivity contribution in [2.45, 2.75) is 18.9 Å².